The summed E-state index contributed by atoms with van der Waals surface area (Å²) in [4.78, 5) is 14.7. The van der Waals surface area contributed by atoms with E-state index in [0.717, 1.165) is 11.8 Å². The highest BCUT2D eigenvalue weighted by atomic mass is 16.6. The Kier molecular flexibility index (Phi) is 3.09. The van der Waals surface area contributed by atoms with E-state index in [0.29, 0.717) is 17.1 Å². The fourth-order valence-electron chi connectivity index (χ4n) is 2.13. The summed E-state index contributed by atoms with van der Waals surface area (Å²) in [6.07, 6.45) is 1.14. The third kappa shape index (κ3) is 2.08. The maximum absolute atomic E-state index is 11.0. The fraction of sp³-hybridized carbons (Fsp3) is 0.154. The van der Waals surface area contributed by atoms with E-state index in [2.05, 4.69) is 15.2 Å². The van der Waals surface area contributed by atoms with Gasteiger partial charge in [-0.1, -0.05) is 17.3 Å². The molecule has 3 aromatic rings. The highest BCUT2D eigenvalue weighted by Gasteiger charge is 2.26. The van der Waals surface area contributed by atoms with E-state index in [9.17, 15) is 10.1 Å². The molecule has 0 fully saturated rings. The molecule has 0 radical (unpaired) electrons. The van der Waals surface area contributed by atoms with Crippen molar-refractivity contribution in [1.29, 1.82) is 0 Å². The molecule has 112 valence electrons. The van der Waals surface area contributed by atoms with Gasteiger partial charge in [0.2, 0.25) is 11.5 Å². The normalized spacial score (nSPS) is 10.8. The Morgan fingerprint density at radius 3 is 2.91 bits per heavy atom. The minimum atomic E-state index is -0.544. The molecule has 0 saturated heterocycles. The van der Waals surface area contributed by atoms with E-state index in [4.69, 9.17) is 10.3 Å². The van der Waals surface area contributed by atoms with Crippen molar-refractivity contribution in [3.8, 4) is 23.0 Å². The van der Waals surface area contributed by atoms with Crippen molar-refractivity contribution in [2.45, 2.75) is 6.92 Å². The van der Waals surface area contributed by atoms with Crippen LogP contribution >= 0.6 is 0 Å². The molecule has 0 unspecified atom stereocenters. The number of nitrogens with zero attached hydrogens (tertiary/aromatic N) is 5. The van der Waals surface area contributed by atoms with Crippen LogP contribution in [0.1, 0.15) is 5.56 Å². The molecule has 0 amide bonds. The minimum absolute atomic E-state index is 0.0310. The quantitative estimate of drug-likeness (QED) is 0.445. The van der Waals surface area contributed by atoms with Crippen molar-refractivity contribution < 1.29 is 9.45 Å². The van der Waals surface area contributed by atoms with Gasteiger partial charge in [0.1, 0.15) is 6.20 Å². The van der Waals surface area contributed by atoms with Crippen LogP contribution in [0.15, 0.2) is 28.9 Å². The maximum Gasteiger partial charge on any atom is 0.320 e. The first-order valence-corrected chi connectivity index (χ1v) is 6.35. The summed E-state index contributed by atoms with van der Waals surface area (Å²) in [6.45, 7) is 1.84. The number of rotatable bonds is 3. The molecule has 0 atom stereocenters. The SMILES string of the molecule is Cc1c(N)cccc1-c1noc(-c2c([N+](=O)[O-])cnn2C)n1. The van der Waals surface area contributed by atoms with Crippen LogP contribution in [0.3, 0.4) is 0 Å². The summed E-state index contributed by atoms with van der Waals surface area (Å²) < 4.78 is 6.48. The first-order valence-electron chi connectivity index (χ1n) is 6.35. The molecule has 0 aliphatic heterocycles. The van der Waals surface area contributed by atoms with Gasteiger partial charge in [-0.25, -0.2) is 0 Å². The van der Waals surface area contributed by atoms with Gasteiger partial charge in [-0.15, -0.1) is 0 Å². The molecule has 22 heavy (non-hydrogen) atoms. The van der Waals surface area contributed by atoms with Gasteiger partial charge >= 0.3 is 5.69 Å². The van der Waals surface area contributed by atoms with Crippen molar-refractivity contribution in [3.05, 3.63) is 40.1 Å². The lowest BCUT2D eigenvalue weighted by molar-refractivity contribution is -0.384. The summed E-state index contributed by atoms with van der Waals surface area (Å²) in [5, 5.41) is 18.8. The number of anilines is 1. The molecular weight excluding hydrogens is 288 g/mol. The lowest BCUT2D eigenvalue weighted by Crippen LogP contribution is -1.97. The number of aryl methyl sites for hydroxylation is 1. The van der Waals surface area contributed by atoms with Gasteiger partial charge in [0.05, 0.1) is 4.92 Å². The standard InChI is InChI=1S/C13H12N6O3/c1-7-8(4-3-5-9(7)14)12-16-13(22-17-12)11-10(19(20)21)6-15-18(11)2/h3-6H,14H2,1-2H3. The fourth-order valence-corrected chi connectivity index (χ4v) is 2.13. The van der Waals surface area contributed by atoms with E-state index < -0.39 is 4.92 Å². The number of nitrogen functional groups attached to an aromatic ring is 1. The maximum atomic E-state index is 11.0. The van der Waals surface area contributed by atoms with Crippen LogP contribution in [0, 0.1) is 17.0 Å². The van der Waals surface area contributed by atoms with Crippen LogP contribution in [-0.2, 0) is 7.05 Å². The van der Waals surface area contributed by atoms with Gasteiger partial charge in [0, 0.05) is 18.3 Å². The minimum Gasteiger partial charge on any atom is -0.398 e. The van der Waals surface area contributed by atoms with Gasteiger partial charge in [0.15, 0.2) is 0 Å². The second-order valence-electron chi connectivity index (χ2n) is 4.70. The van der Waals surface area contributed by atoms with Crippen LogP contribution in [0.5, 0.6) is 0 Å². The van der Waals surface area contributed by atoms with Gasteiger partial charge in [0.25, 0.3) is 5.89 Å². The summed E-state index contributed by atoms with van der Waals surface area (Å²) in [6, 6.07) is 5.35. The lowest BCUT2D eigenvalue weighted by atomic mass is 10.1. The molecule has 0 aliphatic rings. The summed E-state index contributed by atoms with van der Waals surface area (Å²) >= 11 is 0. The second kappa shape index (κ2) is 4.95. The predicted molar refractivity (Wildman–Crippen MR) is 77.7 cm³/mol. The average Bonchev–Trinajstić information content (AvgIpc) is 3.08. The van der Waals surface area contributed by atoms with E-state index in [1.807, 2.05) is 6.92 Å². The van der Waals surface area contributed by atoms with Crippen LogP contribution in [0.2, 0.25) is 0 Å². The average molecular weight is 300 g/mol. The molecule has 2 heterocycles. The van der Waals surface area contributed by atoms with Crippen LogP contribution < -0.4 is 5.73 Å². The highest BCUT2D eigenvalue weighted by molar-refractivity contribution is 5.69. The largest absolute Gasteiger partial charge is 0.398 e. The van der Waals surface area contributed by atoms with Crippen molar-refractivity contribution in [3.63, 3.8) is 0 Å². The summed E-state index contributed by atoms with van der Waals surface area (Å²) in [5.74, 6) is 0.346. The Morgan fingerprint density at radius 2 is 2.18 bits per heavy atom. The molecule has 9 heteroatoms. The molecule has 1 aromatic carbocycles. The van der Waals surface area contributed by atoms with Crippen molar-refractivity contribution >= 4 is 11.4 Å². The molecule has 2 N–H and O–H groups in total. The van der Waals surface area contributed by atoms with Crippen LogP contribution in [-0.4, -0.2) is 24.8 Å². The van der Waals surface area contributed by atoms with Gasteiger partial charge in [-0.2, -0.15) is 10.1 Å². The zero-order valence-electron chi connectivity index (χ0n) is 11.8. The molecular formula is C13H12N6O3. The number of nitro groups is 1. The zero-order valence-corrected chi connectivity index (χ0v) is 11.8. The Labute approximate surface area is 124 Å². The summed E-state index contributed by atoms with van der Waals surface area (Å²) in [7, 11) is 1.57. The van der Waals surface area contributed by atoms with Crippen LogP contribution in [0.25, 0.3) is 23.0 Å². The number of benzene rings is 1. The summed E-state index contributed by atoms with van der Waals surface area (Å²) in [5.41, 5.74) is 7.95. The van der Waals surface area contributed by atoms with Gasteiger partial charge in [-0.3, -0.25) is 14.8 Å². The predicted octanol–water partition coefficient (Wildman–Crippen LogP) is 1.94. The monoisotopic (exact) mass is 300 g/mol. The first kappa shape index (κ1) is 13.7. The Morgan fingerprint density at radius 1 is 1.41 bits per heavy atom. The molecule has 0 aliphatic carbocycles. The van der Waals surface area contributed by atoms with E-state index in [1.165, 1.54) is 4.68 Å². The first-order chi connectivity index (χ1) is 10.5. The zero-order chi connectivity index (χ0) is 15.9. The van der Waals surface area contributed by atoms with Crippen LogP contribution in [0.4, 0.5) is 11.4 Å². The second-order valence-corrected chi connectivity index (χ2v) is 4.70. The molecule has 3 rings (SSSR count). The van der Waals surface area contributed by atoms with Gasteiger partial charge < -0.3 is 10.3 Å². The van der Waals surface area contributed by atoms with E-state index in [-0.39, 0.29) is 17.3 Å². The van der Waals surface area contributed by atoms with Crippen molar-refractivity contribution in [2.75, 3.05) is 5.73 Å². The third-order valence-corrected chi connectivity index (χ3v) is 3.36. The molecule has 2 aromatic heterocycles. The highest BCUT2D eigenvalue weighted by Crippen LogP contribution is 2.31. The van der Waals surface area contributed by atoms with Crippen molar-refractivity contribution in [1.82, 2.24) is 19.9 Å². The molecule has 0 saturated carbocycles. The topological polar surface area (TPSA) is 126 Å². The molecule has 9 nitrogen and oxygen atoms in total. The van der Waals surface area contributed by atoms with Crippen molar-refractivity contribution in [2.24, 2.45) is 7.05 Å². The molecule has 0 spiro atoms. The molecule has 0 bridgehead atoms. The number of hydrogen-bond donors (Lipinski definition) is 1. The Bertz CT molecular complexity index is 867. The number of nitrogens with two attached hydrogens (primary N) is 1. The number of aromatic nitrogens is 4. The third-order valence-electron chi connectivity index (χ3n) is 3.36. The Balaban J connectivity index is 2.11. The van der Waals surface area contributed by atoms with Gasteiger partial charge in [-0.05, 0) is 18.6 Å². The smallest absolute Gasteiger partial charge is 0.320 e. The van der Waals surface area contributed by atoms with E-state index in [1.54, 1.807) is 25.2 Å². The Hall–Kier alpha value is -3.23. The lowest BCUT2D eigenvalue weighted by Gasteiger charge is -2.03. The number of hydrogen-bond acceptors (Lipinski definition) is 7. The van der Waals surface area contributed by atoms with E-state index >= 15 is 0 Å².